The predicted octanol–water partition coefficient (Wildman–Crippen LogP) is 9.63. The Morgan fingerprint density at radius 1 is 0.488 bits per heavy atom. The minimum absolute atomic E-state index is 0.0217. The van der Waals surface area contributed by atoms with Crippen molar-refractivity contribution in [3.05, 3.63) is 109 Å². The molecule has 3 aromatic rings. The van der Waals surface area contributed by atoms with Crippen molar-refractivity contribution in [2.24, 2.45) is 0 Å². The molecule has 0 nitrogen and oxygen atoms in total. The molecule has 1 aliphatic carbocycles. The van der Waals surface area contributed by atoms with E-state index in [1.165, 1.54) is 33.4 Å². The molecule has 0 radical (unpaired) electrons. The molecule has 1 aliphatic rings. The first-order valence-electron chi connectivity index (χ1n) is 17.1. The Morgan fingerprint density at radius 3 is 1.00 bits per heavy atom. The Bertz CT molecular complexity index is 1350. The van der Waals surface area contributed by atoms with E-state index < -0.39 is 25.9 Å². The van der Waals surface area contributed by atoms with Crippen molar-refractivity contribution in [1.82, 2.24) is 0 Å². The Morgan fingerprint density at radius 2 is 0.767 bits per heavy atom. The molecule has 0 aliphatic heterocycles. The van der Waals surface area contributed by atoms with Crippen molar-refractivity contribution in [1.29, 1.82) is 0 Å². The molecule has 0 spiro atoms. The molecule has 0 N–H and O–H groups in total. The first-order chi connectivity index (χ1) is 20.5. The first kappa shape index (κ1) is 34.0. The number of aryl methyl sites for hydroxylation is 6. The SMILES string of the molecule is CCc1cc(CC)cc([Si](c2cc(CC)cc(CC)c2)(c2cc(CC)cc(CC)c2)C2(C)C(C)=C(C)C(C)=[C]2[Ti]([CH3])[CH3])c1. The average molecular weight is 626 g/mol. The van der Waals surface area contributed by atoms with Gasteiger partial charge in [-0.3, -0.25) is 0 Å². The summed E-state index contributed by atoms with van der Waals surface area (Å²) < 4.78 is 1.83. The first-order valence-corrected chi connectivity index (χ1v) is 23.0. The molecule has 0 bridgehead atoms. The fourth-order valence-electron chi connectivity index (χ4n) is 8.28. The van der Waals surface area contributed by atoms with E-state index in [9.17, 15) is 0 Å². The van der Waals surface area contributed by atoms with Crippen LogP contribution in [0, 0.1) is 0 Å². The van der Waals surface area contributed by atoms with Gasteiger partial charge >= 0.3 is 273 Å². The van der Waals surface area contributed by atoms with Crippen molar-refractivity contribution in [2.45, 2.75) is 123 Å². The Labute approximate surface area is 272 Å². The van der Waals surface area contributed by atoms with Crippen LogP contribution in [0.15, 0.2) is 75.2 Å². The Kier molecular flexibility index (Phi) is 10.7. The molecular formula is C41H57SiTi. The summed E-state index contributed by atoms with van der Waals surface area (Å²) in [4.78, 5) is 0. The van der Waals surface area contributed by atoms with Crippen LogP contribution in [-0.4, -0.2) is 8.07 Å². The number of hydrogen-bond donors (Lipinski definition) is 0. The van der Waals surface area contributed by atoms with Gasteiger partial charge in [-0.05, 0) is 0 Å². The zero-order valence-electron chi connectivity index (χ0n) is 29.4. The summed E-state index contributed by atoms with van der Waals surface area (Å²) in [5, 5.41) is 10.1. The number of benzene rings is 3. The van der Waals surface area contributed by atoms with E-state index in [0.717, 1.165) is 38.5 Å². The zero-order valence-corrected chi connectivity index (χ0v) is 32.0. The van der Waals surface area contributed by atoms with Crippen LogP contribution in [0.5, 0.6) is 0 Å². The van der Waals surface area contributed by atoms with Crippen molar-refractivity contribution >= 4 is 23.6 Å². The van der Waals surface area contributed by atoms with E-state index in [4.69, 9.17) is 0 Å². The molecule has 0 heterocycles. The maximum absolute atomic E-state index is 2.75. The van der Waals surface area contributed by atoms with Gasteiger partial charge in [0.1, 0.15) is 0 Å². The van der Waals surface area contributed by atoms with E-state index in [2.05, 4.69) is 134 Å². The van der Waals surface area contributed by atoms with Crippen molar-refractivity contribution in [2.75, 3.05) is 0 Å². The van der Waals surface area contributed by atoms with Gasteiger partial charge in [-0.1, -0.05) is 0 Å². The monoisotopic (exact) mass is 625 g/mol. The van der Waals surface area contributed by atoms with E-state index in [0.29, 0.717) is 0 Å². The van der Waals surface area contributed by atoms with Crippen molar-refractivity contribution in [3.8, 4) is 0 Å². The van der Waals surface area contributed by atoms with Gasteiger partial charge in [0.15, 0.2) is 0 Å². The van der Waals surface area contributed by atoms with Gasteiger partial charge in [0, 0.05) is 0 Å². The van der Waals surface area contributed by atoms with Gasteiger partial charge in [-0.25, -0.2) is 0 Å². The second-order valence-corrected chi connectivity index (χ2v) is 21.5. The number of allylic oxidation sites excluding steroid dienone is 4. The van der Waals surface area contributed by atoms with Crippen LogP contribution in [0.1, 0.15) is 103 Å². The van der Waals surface area contributed by atoms with Crippen LogP contribution >= 0.6 is 0 Å². The third kappa shape index (κ3) is 5.69. The quantitative estimate of drug-likeness (QED) is 0.147. The van der Waals surface area contributed by atoms with Crippen LogP contribution in [0.4, 0.5) is 0 Å². The summed E-state index contributed by atoms with van der Waals surface area (Å²) >= 11 is -1.53. The summed E-state index contributed by atoms with van der Waals surface area (Å²) in [6.45, 7) is 24.1. The normalized spacial score (nSPS) is 17.3. The molecule has 1 atom stereocenters. The summed E-state index contributed by atoms with van der Waals surface area (Å²) in [5.41, 5.74) is 13.7. The Balaban J connectivity index is 2.41. The molecule has 0 amide bonds. The van der Waals surface area contributed by atoms with Crippen molar-refractivity contribution < 1.29 is 17.9 Å². The fraction of sp³-hybridized carbons (Fsp3) is 0.463. The van der Waals surface area contributed by atoms with Crippen LogP contribution in [0.2, 0.25) is 15.5 Å². The molecule has 229 valence electrons. The van der Waals surface area contributed by atoms with Crippen LogP contribution in [0.3, 0.4) is 0 Å². The summed E-state index contributed by atoms with van der Waals surface area (Å²) in [6, 6.07) is 23.4. The number of hydrogen-bond acceptors (Lipinski definition) is 0. The van der Waals surface area contributed by atoms with E-state index in [1.807, 2.05) is 3.88 Å². The molecule has 0 saturated carbocycles. The third-order valence-corrected chi connectivity index (χ3v) is 19.8. The zero-order chi connectivity index (χ0) is 31.7. The molecule has 2 heteroatoms. The van der Waals surface area contributed by atoms with E-state index in [1.54, 1.807) is 32.3 Å². The van der Waals surface area contributed by atoms with Crippen LogP contribution in [-0.2, 0) is 56.4 Å². The van der Waals surface area contributed by atoms with Gasteiger partial charge in [0.25, 0.3) is 0 Å². The maximum atomic E-state index is 2.71. The third-order valence-electron chi connectivity index (χ3n) is 10.9. The minimum atomic E-state index is -2.75. The number of rotatable bonds is 11. The molecule has 0 saturated heterocycles. The van der Waals surface area contributed by atoms with Gasteiger partial charge in [0.05, 0.1) is 0 Å². The molecule has 4 rings (SSSR count). The van der Waals surface area contributed by atoms with E-state index >= 15 is 0 Å². The predicted molar refractivity (Wildman–Crippen MR) is 191 cm³/mol. The van der Waals surface area contributed by atoms with Crippen molar-refractivity contribution in [3.63, 3.8) is 0 Å². The molecule has 1 unspecified atom stereocenters. The fourth-order valence-corrected chi connectivity index (χ4v) is 20.0. The van der Waals surface area contributed by atoms with E-state index in [-0.39, 0.29) is 5.04 Å². The summed E-state index contributed by atoms with van der Waals surface area (Å²) in [5.74, 6) is 0. The molecule has 0 fully saturated rings. The van der Waals surface area contributed by atoms with Gasteiger partial charge in [-0.2, -0.15) is 0 Å². The van der Waals surface area contributed by atoms with Crippen LogP contribution in [0.25, 0.3) is 0 Å². The standard InChI is InChI=1S/C39H51Si.2CH3.Ti/c1-11-30-17-31(12-2)21-36(20-30)40(39(10)26-27(7)28(8)29(39)9,37-22-32(13-3)18-33(14-4)23-37)38-24-34(15-5)19-35(16-6)25-38;;;/h17-25H,11-16H2,1-10H3;2*1H3;. The summed E-state index contributed by atoms with van der Waals surface area (Å²) in [7, 11) is -2.75. The van der Waals surface area contributed by atoms with Gasteiger partial charge in [0.2, 0.25) is 0 Å². The van der Waals surface area contributed by atoms with Crippen LogP contribution < -0.4 is 15.6 Å². The topological polar surface area (TPSA) is 0 Å². The summed E-state index contributed by atoms with van der Waals surface area (Å²) in [6.07, 6.45) is 6.43. The molecular weight excluding hydrogens is 568 g/mol. The second kappa shape index (κ2) is 13.6. The Hall–Kier alpha value is -1.93. The molecule has 3 aromatic carbocycles. The molecule has 0 aromatic heterocycles. The second-order valence-electron chi connectivity index (χ2n) is 13.4. The molecule has 43 heavy (non-hydrogen) atoms. The average Bonchev–Trinajstić information content (AvgIpc) is 3.20. The van der Waals surface area contributed by atoms with Gasteiger partial charge < -0.3 is 0 Å². The van der Waals surface area contributed by atoms with Gasteiger partial charge in [-0.15, -0.1) is 0 Å².